The Bertz CT molecular complexity index is 223. The largest absolute Gasteiger partial charge is 0.326 e. The topological polar surface area (TPSA) is 29.3 Å². The van der Waals surface area contributed by atoms with Crippen molar-refractivity contribution >= 4 is 0 Å². The van der Waals surface area contributed by atoms with Crippen LogP contribution in [0.1, 0.15) is 53.9 Å². The van der Waals surface area contributed by atoms with Gasteiger partial charge in [-0.3, -0.25) is 4.90 Å². The highest BCUT2D eigenvalue weighted by atomic mass is 15.2. The maximum Gasteiger partial charge on any atom is 0.0252 e. The molecule has 0 radical (unpaired) electrons. The van der Waals surface area contributed by atoms with E-state index < -0.39 is 0 Å². The molecule has 1 saturated carbocycles. The summed E-state index contributed by atoms with van der Waals surface area (Å²) in [6.45, 7) is 11.5. The van der Waals surface area contributed by atoms with Gasteiger partial charge < -0.3 is 5.73 Å². The lowest BCUT2D eigenvalue weighted by Gasteiger charge is -2.36. The average molecular weight is 226 g/mol. The summed E-state index contributed by atoms with van der Waals surface area (Å²) >= 11 is 0. The van der Waals surface area contributed by atoms with Crippen molar-refractivity contribution in [3.8, 4) is 0 Å². The second-order valence-corrected chi connectivity index (χ2v) is 6.76. The highest BCUT2D eigenvalue weighted by Crippen LogP contribution is 2.38. The fourth-order valence-electron chi connectivity index (χ4n) is 3.02. The summed E-state index contributed by atoms with van der Waals surface area (Å²) in [5.74, 6) is 0.767. The summed E-state index contributed by atoms with van der Waals surface area (Å²) in [5, 5.41) is 0. The van der Waals surface area contributed by atoms with Crippen LogP contribution in [0.25, 0.3) is 0 Å². The van der Waals surface area contributed by atoms with Gasteiger partial charge in [-0.05, 0) is 44.6 Å². The van der Waals surface area contributed by atoms with Crippen molar-refractivity contribution in [2.75, 3.05) is 7.05 Å². The smallest absolute Gasteiger partial charge is 0.0252 e. The summed E-state index contributed by atoms with van der Waals surface area (Å²) < 4.78 is 0. The van der Waals surface area contributed by atoms with Gasteiger partial charge in [0.05, 0.1) is 0 Å². The Balaban J connectivity index is 2.58. The number of hydrogen-bond acceptors (Lipinski definition) is 2. The van der Waals surface area contributed by atoms with Gasteiger partial charge in [-0.1, -0.05) is 27.7 Å². The summed E-state index contributed by atoms with van der Waals surface area (Å²) in [6, 6.07) is 1.54. The Labute approximate surface area is 102 Å². The summed E-state index contributed by atoms with van der Waals surface area (Å²) in [5.41, 5.74) is 6.70. The third-order valence-electron chi connectivity index (χ3n) is 4.43. The van der Waals surface area contributed by atoms with Crippen LogP contribution in [-0.2, 0) is 0 Å². The minimum absolute atomic E-state index is 0.316. The van der Waals surface area contributed by atoms with E-state index in [4.69, 9.17) is 5.73 Å². The molecule has 0 aromatic carbocycles. The van der Waals surface area contributed by atoms with Crippen molar-refractivity contribution in [2.24, 2.45) is 17.1 Å². The molecular formula is C14H30N2. The zero-order valence-electron chi connectivity index (χ0n) is 12.0. The van der Waals surface area contributed by atoms with Crippen LogP contribution in [0.4, 0.5) is 0 Å². The van der Waals surface area contributed by atoms with Crippen molar-refractivity contribution in [3.63, 3.8) is 0 Å². The third kappa shape index (κ3) is 2.98. The van der Waals surface area contributed by atoms with E-state index in [1.807, 2.05) is 0 Å². The Morgan fingerprint density at radius 1 is 1.31 bits per heavy atom. The Hall–Kier alpha value is -0.0800. The molecule has 0 spiro atoms. The maximum absolute atomic E-state index is 6.38. The predicted octanol–water partition coefficient (Wildman–Crippen LogP) is 2.87. The van der Waals surface area contributed by atoms with Crippen molar-refractivity contribution in [1.82, 2.24) is 4.90 Å². The highest BCUT2D eigenvalue weighted by molar-refractivity contribution is 4.99. The van der Waals surface area contributed by atoms with Gasteiger partial charge >= 0.3 is 0 Å². The second kappa shape index (κ2) is 5.05. The van der Waals surface area contributed by atoms with Crippen LogP contribution in [0.5, 0.6) is 0 Å². The van der Waals surface area contributed by atoms with Crippen LogP contribution in [0.15, 0.2) is 0 Å². The van der Waals surface area contributed by atoms with E-state index in [2.05, 4.69) is 46.6 Å². The van der Waals surface area contributed by atoms with E-state index in [1.165, 1.54) is 19.3 Å². The molecule has 16 heavy (non-hydrogen) atoms. The lowest BCUT2D eigenvalue weighted by Crippen LogP contribution is -2.50. The molecule has 0 amide bonds. The van der Waals surface area contributed by atoms with Crippen molar-refractivity contribution < 1.29 is 0 Å². The van der Waals surface area contributed by atoms with Crippen molar-refractivity contribution in [2.45, 2.75) is 72.0 Å². The average Bonchev–Trinajstić information content (AvgIpc) is 2.40. The zero-order valence-corrected chi connectivity index (χ0v) is 12.0. The number of nitrogens with zero attached hydrogens (tertiary/aromatic N) is 1. The van der Waals surface area contributed by atoms with E-state index in [0.29, 0.717) is 23.5 Å². The van der Waals surface area contributed by atoms with E-state index in [1.54, 1.807) is 0 Å². The minimum Gasteiger partial charge on any atom is -0.326 e. The number of rotatable bonds is 4. The Morgan fingerprint density at radius 3 is 2.25 bits per heavy atom. The highest BCUT2D eigenvalue weighted by Gasteiger charge is 2.41. The van der Waals surface area contributed by atoms with Crippen LogP contribution in [0, 0.1) is 11.3 Å². The molecule has 96 valence electrons. The molecule has 0 saturated heterocycles. The number of hydrogen-bond donors (Lipinski definition) is 1. The molecule has 3 atom stereocenters. The van der Waals surface area contributed by atoms with E-state index in [0.717, 1.165) is 5.92 Å². The molecule has 2 heteroatoms. The van der Waals surface area contributed by atoms with Crippen LogP contribution in [0.2, 0.25) is 0 Å². The van der Waals surface area contributed by atoms with Crippen LogP contribution in [0.3, 0.4) is 0 Å². The molecule has 0 aromatic rings. The molecule has 2 nitrogen and oxygen atoms in total. The quantitative estimate of drug-likeness (QED) is 0.798. The SMILES string of the molecule is CC(C)CC(C)N(C)C1CCC(C)(C)C1N. The van der Waals surface area contributed by atoms with Crippen LogP contribution >= 0.6 is 0 Å². The lowest BCUT2D eigenvalue weighted by molar-refractivity contribution is 0.140. The fourth-order valence-corrected chi connectivity index (χ4v) is 3.02. The summed E-state index contributed by atoms with van der Waals surface area (Å²) in [7, 11) is 2.25. The molecular weight excluding hydrogens is 196 g/mol. The Morgan fingerprint density at radius 2 is 1.88 bits per heavy atom. The van der Waals surface area contributed by atoms with Crippen LogP contribution < -0.4 is 5.73 Å². The van der Waals surface area contributed by atoms with Gasteiger partial charge in [0.25, 0.3) is 0 Å². The molecule has 1 rings (SSSR count). The zero-order chi connectivity index (χ0) is 12.5. The van der Waals surface area contributed by atoms with Gasteiger partial charge in [0.15, 0.2) is 0 Å². The molecule has 0 aliphatic heterocycles. The normalized spacial score (nSPS) is 31.3. The Kier molecular flexibility index (Phi) is 4.42. The molecule has 0 heterocycles. The van der Waals surface area contributed by atoms with Gasteiger partial charge in [0.1, 0.15) is 0 Å². The second-order valence-electron chi connectivity index (χ2n) is 6.76. The standard InChI is InChI=1S/C14H30N2/c1-10(2)9-11(3)16(6)12-7-8-14(4,5)13(12)15/h10-13H,7-9,15H2,1-6H3. The lowest BCUT2D eigenvalue weighted by atomic mass is 9.87. The first-order valence-corrected chi connectivity index (χ1v) is 6.73. The summed E-state index contributed by atoms with van der Waals surface area (Å²) in [6.07, 6.45) is 3.78. The molecule has 1 fully saturated rings. The molecule has 0 bridgehead atoms. The van der Waals surface area contributed by atoms with Gasteiger partial charge in [-0.25, -0.2) is 0 Å². The monoisotopic (exact) mass is 226 g/mol. The van der Waals surface area contributed by atoms with Crippen molar-refractivity contribution in [3.05, 3.63) is 0 Å². The molecule has 0 aromatic heterocycles. The van der Waals surface area contributed by atoms with Gasteiger partial charge in [0.2, 0.25) is 0 Å². The van der Waals surface area contributed by atoms with Crippen molar-refractivity contribution in [1.29, 1.82) is 0 Å². The first-order chi connectivity index (χ1) is 7.25. The van der Waals surface area contributed by atoms with Gasteiger partial charge in [-0.2, -0.15) is 0 Å². The first-order valence-electron chi connectivity index (χ1n) is 6.73. The predicted molar refractivity (Wildman–Crippen MR) is 71.5 cm³/mol. The van der Waals surface area contributed by atoms with Gasteiger partial charge in [0, 0.05) is 18.1 Å². The summed E-state index contributed by atoms with van der Waals surface area (Å²) in [4.78, 5) is 2.51. The fraction of sp³-hybridized carbons (Fsp3) is 1.00. The van der Waals surface area contributed by atoms with Gasteiger partial charge in [-0.15, -0.1) is 0 Å². The third-order valence-corrected chi connectivity index (χ3v) is 4.43. The molecule has 1 aliphatic carbocycles. The minimum atomic E-state index is 0.316. The number of nitrogens with two attached hydrogens (primary N) is 1. The molecule has 3 unspecified atom stereocenters. The first kappa shape index (κ1) is 14.0. The van der Waals surface area contributed by atoms with E-state index in [9.17, 15) is 0 Å². The molecule has 1 aliphatic rings. The van der Waals surface area contributed by atoms with Crippen LogP contribution in [-0.4, -0.2) is 30.1 Å². The number of likely N-dealkylation sites (N-methyl/N-ethyl adjacent to an activating group) is 1. The molecule has 2 N–H and O–H groups in total. The maximum atomic E-state index is 6.38. The van der Waals surface area contributed by atoms with E-state index >= 15 is 0 Å². The van der Waals surface area contributed by atoms with E-state index in [-0.39, 0.29) is 0 Å².